The molecular weight excluding hydrogens is 432 g/mol. The lowest BCUT2D eigenvalue weighted by atomic mass is 10.0. The smallest absolute Gasteiger partial charge is 0.270 e. The van der Waals surface area contributed by atoms with Crippen molar-refractivity contribution < 1.29 is 9.21 Å². The molecule has 0 aliphatic carbocycles. The van der Waals surface area contributed by atoms with Crippen molar-refractivity contribution in [1.29, 1.82) is 5.26 Å². The van der Waals surface area contributed by atoms with Gasteiger partial charge in [0.05, 0.1) is 17.7 Å². The van der Waals surface area contributed by atoms with Crippen LogP contribution in [0.2, 0.25) is 0 Å². The maximum Gasteiger partial charge on any atom is 0.270 e. The molecule has 0 radical (unpaired) electrons. The Hall–Kier alpha value is -2.83. The van der Waals surface area contributed by atoms with Crippen LogP contribution in [0.25, 0.3) is 6.08 Å². The molecule has 2 aromatic rings. The molecule has 31 heavy (non-hydrogen) atoms. The van der Waals surface area contributed by atoms with E-state index < -0.39 is 0 Å². The van der Waals surface area contributed by atoms with Gasteiger partial charge in [-0.2, -0.15) is 5.26 Å². The summed E-state index contributed by atoms with van der Waals surface area (Å²) in [5, 5.41) is 9.63. The Balaban J connectivity index is 1.83. The second-order valence-corrected chi connectivity index (χ2v) is 9.12. The van der Waals surface area contributed by atoms with E-state index in [0.717, 1.165) is 37.3 Å². The Morgan fingerprint density at radius 1 is 1.32 bits per heavy atom. The van der Waals surface area contributed by atoms with Crippen molar-refractivity contribution in [2.24, 2.45) is 0 Å². The molecule has 2 aliphatic heterocycles. The molecule has 0 spiro atoms. The van der Waals surface area contributed by atoms with E-state index in [-0.39, 0.29) is 23.6 Å². The van der Waals surface area contributed by atoms with Gasteiger partial charge in [0.25, 0.3) is 11.5 Å². The van der Waals surface area contributed by atoms with E-state index in [4.69, 9.17) is 16.6 Å². The summed E-state index contributed by atoms with van der Waals surface area (Å²) in [6.07, 6.45) is 5.44. The average molecular weight is 455 g/mol. The Morgan fingerprint density at radius 3 is 2.68 bits per heavy atom. The summed E-state index contributed by atoms with van der Waals surface area (Å²) in [4.78, 5) is 30.2. The van der Waals surface area contributed by atoms with Crippen molar-refractivity contribution in [1.82, 2.24) is 9.47 Å². The Morgan fingerprint density at radius 2 is 2.06 bits per heavy atom. The quantitative estimate of drug-likeness (QED) is 0.504. The number of hydrogen-bond donors (Lipinski definition) is 0. The number of amides is 1. The number of hydrogen-bond acceptors (Lipinski definition) is 7. The molecule has 0 unspecified atom stereocenters. The first-order valence-corrected chi connectivity index (χ1v) is 11.4. The van der Waals surface area contributed by atoms with Gasteiger partial charge >= 0.3 is 0 Å². The molecule has 2 aromatic heterocycles. The van der Waals surface area contributed by atoms with Gasteiger partial charge in [0.15, 0.2) is 0 Å². The summed E-state index contributed by atoms with van der Waals surface area (Å²) < 4.78 is 7.46. The minimum atomic E-state index is -0.285. The monoisotopic (exact) mass is 454 g/mol. The van der Waals surface area contributed by atoms with Crippen molar-refractivity contribution in [3.05, 3.63) is 56.1 Å². The van der Waals surface area contributed by atoms with Gasteiger partial charge in [0.2, 0.25) is 0 Å². The first-order valence-electron chi connectivity index (χ1n) is 10.2. The average Bonchev–Trinajstić information content (AvgIpc) is 3.50. The number of furan rings is 1. The van der Waals surface area contributed by atoms with Gasteiger partial charge in [0.1, 0.15) is 27.5 Å². The van der Waals surface area contributed by atoms with E-state index in [9.17, 15) is 14.9 Å². The maximum atomic E-state index is 13.1. The SMILES string of the molecule is CCn1c(N2CCCC2)c(/C=C2/SC(=S)N(Cc3ccco3)C2=O)c(C)c(C#N)c1=O. The Labute approximate surface area is 189 Å². The van der Waals surface area contributed by atoms with Gasteiger partial charge in [-0.1, -0.05) is 24.0 Å². The minimum Gasteiger partial charge on any atom is -0.467 e. The van der Waals surface area contributed by atoms with Crippen LogP contribution in [0.15, 0.2) is 32.5 Å². The van der Waals surface area contributed by atoms with Gasteiger partial charge < -0.3 is 9.32 Å². The van der Waals surface area contributed by atoms with Crippen LogP contribution in [-0.2, 0) is 17.9 Å². The minimum absolute atomic E-state index is 0.113. The first-order chi connectivity index (χ1) is 15.0. The number of carbonyl (C=O) groups is 1. The zero-order valence-corrected chi connectivity index (χ0v) is 19.0. The van der Waals surface area contributed by atoms with E-state index >= 15 is 0 Å². The van der Waals surface area contributed by atoms with Gasteiger partial charge in [-0.05, 0) is 50.5 Å². The molecule has 0 saturated carbocycles. The molecule has 2 aliphatic rings. The van der Waals surface area contributed by atoms with Crippen LogP contribution in [0.4, 0.5) is 5.82 Å². The fourth-order valence-electron chi connectivity index (χ4n) is 4.03. The third-order valence-electron chi connectivity index (χ3n) is 5.61. The van der Waals surface area contributed by atoms with Gasteiger partial charge in [-0.15, -0.1) is 0 Å². The summed E-state index contributed by atoms with van der Waals surface area (Å²) in [6, 6.07) is 5.63. The first kappa shape index (κ1) is 21.4. The van der Waals surface area contributed by atoms with Crippen LogP contribution in [0.1, 0.15) is 42.2 Å². The van der Waals surface area contributed by atoms with Crippen molar-refractivity contribution in [2.45, 2.75) is 39.8 Å². The molecule has 0 N–H and O–H groups in total. The highest BCUT2D eigenvalue weighted by Crippen LogP contribution is 2.37. The van der Waals surface area contributed by atoms with Crippen LogP contribution in [0, 0.1) is 18.3 Å². The standard InChI is InChI=1S/C22H22N4O3S2/c1-3-25-19(24-8-4-5-9-24)16(14(2)17(12-23)20(25)27)11-18-21(28)26(22(30)31-18)13-15-7-6-10-29-15/h6-7,10-11H,3-5,8-9,13H2,1-2H3/b18-11+. The zero-order valence-electron chi connectivity index (χ0n) is 17.4. The van der Waals surface area contributed by atoms with E-state index in [1.165, 1.54) is 16.7 Å². The number of aromatic nitrogens is 1. The van der Waals surface area contributed by atoms with Gasteiger partial charge in [-0.25, -0.2) is 0 Å². The molecule has 160 valence electrons. The molecule has 0 bridgehead atoms. The third-order valence-corrected chi connectivity index (χ3v) is 6.99. The summed E-state index contributed by atoms with van der Waals surface area (Å²) in [5.74, 6) is 1.22. The molecule has 2 fully saturated rings. The Kier molecular flexibility index (Phi) is 6.03. The third kappa shape index (κ3) is 3.82. The number of nitriles is 1. The zero-order chi connectivity index (χ0) is 22.1. The summed E-state index contributed by atoms with van der Waals surface area (Å²) in [6.45, 7) is 6.06. The number of nitrogens with zero attached hydrogens (tertiary/aromatic N) is 4. The largest absolute Gasteiger partial charge is 0.467 e. The van der Waals surface area contributed by atoms with Crippen molar-refractivity contribution in [3.63, 3.8) is 0 Å². The lowest BCUT2D eigenvalue weighted by Gasteiger charge is -2.26. The number of carbonyl (C=O) groups excluding carboxylic acids is 1. The summed E-state index contributed by atoms with van der Waals surface area (Å²) in [5.41, 5.74) is 1.16. The molecule has 7 nitrogen and oxygen atoms in total. The van der Waals surface area contributed by atoms with Crippen LogP contribution in [0.5, 0.6) is 0 Å². The highest BCUT2D eigenvalue weighted by Gasteiger charge is 2.34. The predicted octanol–water partition coefficient (Wildman–Crippen LogP) is 3.64. The molecule has 0 aromatic carbocycles. The Bertz CT molecular complexity index is 1170. The molecule has 4 heterocycles. The maximum absolute atomic E-state index is 13.1. The second-order valence-electron chi connectivity index (χ2n) is 7.44. The van der Waals surface area contributed by atoms with Crippen molar-refractivity contribution >= 4 is 46.1 Å². The van der Waals surface area contributed by atoms with Crippen LogP contribution in [0.3, 0.4) is 0 Å². The molecule has 2 saturated heterocycles. The second kappa shape index (κ2) is 8.73. The highest BCUT2D eigenvalue weighted by molar-refractivity contribution is 8.26. The number of thiocarbonyl (C=S) groups is 1. The fraction of sp³-hybridized carbons (Fsp3) is 0.364. The number of anilines is 1. The number of rotatable bonds is 5. The van der Waals surface area contributed by atoms with Crippen molar-refractivity contribution in [2.75, 3.05) is 18.0 Å². The highest BCUT2D eigenvalue weighted by atomic mass is 32.2. The molecular formula is C22H22N4O3S2. The molecule has 4 rings (SSSR count). The van der Waals surface area contributed by atoms with Crippen LogP contribution in [-0.4, -0.2) is 32.8 Å². The topological polar surface area (TPSA) is 82.5 Å². The van der Waals surface area contributed by atoms with Gasteiger partial charge in [-0.3, -0.25) is 19.1 Å². The fourth-order valence-corrected chi connectivity index (χ4v) is 5.27. The molecule has 1 amide bonds. The normalized spacial score (nSPS) is 17.8. The lowest BCUT2D eigenvalue weighted by molar-refractivity contribution is -0.122. The lowest BCUT2D eigenvalue weighted by Crippen LogP contribution is -2.32. The van der Waals surface area contributed by atoms with Crippen molar-refractivity contribution in [3.8, 4) is 6.07 Å². The number of pyridine rings is 1. The van der Waals surface area contributed by atoms with E-state index in [1.807, 2.05) is 6.92 Å². The number of thioether (sulfide) groups is 1. The van der Waals surface area contributed by atoms with E-state index in [0.29, 0.717) is 27.1 Å². The van der Waals surface area contributed by atoms with E-state index in [1.54, 1.807) is 36.0 Å². The van der Waals surface area contributed by atoms with E-state index in [2.05, 4.69) is 11.0 Å². The van der Waals surface area contributed by atoms with Gasteiger partial charge in [0, 0.05) is 25.2 Å². The molecule has 0 atom stereocenters. The van der Waals surface area contributed by atoms with Crippen LogP contribution < -0.4 is 10.5 Å². The summed E-state index contributed by atoms with van der Waals surface area (Å²) >= 11 is 6.67. The molecule has 9 heteroatoms. The van der Waals surface area contributed by atoms with Crippen LogP contribution >= 0.6 is 24.0 Å². The summed E-state index contributed by atoms with van der Waals surface area (Å²) in [7, 11) is 0. The predicted molar refractivity (Wildman–Crippen MR) is 125 cm³/mol.